The Morgan fingerprint density at radius 2 is 0.376 bits per heavy atom. The van der Waals surface area contributed by atoms with Crippen LogP contribution in [0.1, 0.15) is 94.8 Å². The summed E-state index contributed by atoms with van der Waals surface area (Å²) in [7, 11) is 0. The first-order chi connectivity index (χ1) is 57.1. The number of halogens is 20. The van der Waals surface area contributed by atoms with Gasteiger partial charge in [-0.1, -0.05) is 72.8 Å². The standard InChI is InChI=1S/C26H18N4O6.C26H22N4O2.C12H12N2.C7H4ClNO3.6C2H3F3.ClH.H2/c31-25(19-5-13-23(14-6-19)29(33)34)27-21-9-1-17(2-10-21)18-3-11-22(12-4-18)28-26(32)20-7-15-24(16-8-20)30(35)36;27-21-9-1-19(2-10-21)25(31)29-23-13-5-17(6-14-23)18-7-15-24(16-8-18)30-26(32)20-3-11-22(28)12-4-20;13-11-5-1-9(2-6-11)10-3-7-12(14)8-4-10;8-7(10)5-1-3-6(4-2-5)9(11)12;6*1-2(3,4)5;;/h1-16H,(H,27,31)(H,28,32);1-16H,27-28H2,(H,29,31)(H,30,32);1-8H,13-14H2;1-4H;6*1H3;2*1H. The smallest absolute Gasteiger partial charge is 0.386 e. The predicted molar refractivity (Wildman–Crippen MR) is 447 cm³/mol. The molecule has 125 heavy (non-hydrogen) atoms. The molecular weight excluding hydrogens is 1740 g/mol. The molecule has 42 heteroatoms. The van der Waals surface area contributed by atoms with Crippen molar-refractivity contribution in [2.24, 2.45) is 0 Å². The maximum atomic E-state index is 12.4. The second-order valence-corrected chi connectivity index (χ2v) is 25.3. The Hall–Kier alpha value is -14.3. The van der Waals surface area contributed by atoms with E-state index in [1.807, 2.05) is 121 Å². The number of nitro groups is 3. The van der Waals surface area contributed by atoms with Crippen molar-refractivity contribution in [1.29, 1.82) is 0 Å². The van der Waals surface area contributed by atoms with Crippen LogP contribution in [0.3, 0.4) is 0 Å². The van der Waals surface area contributed by atoms with Gasteiger partial charge in [0, 0.05) is 153 Å². The molecule has 0 aliphatic carbocycles. The zero-order chi connectivity index (χ0) is 94.3. The molecule has 11 aromatic rings. The van der Waals surface area contributed by atoms with Crippen molar-refractivity contribution >= 4 is 115 Å². The minimum atomic E-state index is -4.00. The number of benzene rings is 11. The lowest BCUT2D eigenvalue weighted by atomic mass is 10.0. The first-order valence-corrected chi connectivity index (χ1v) is 34.9. The minimum Gasteiger partial charge on any atom is -0.399 e. The third kappa shape index (κ3) is 52.5. The van der Waals surface area contributed by atoms with Crippen LogP contribution in [0, 0.1) is 30.3 Å². The Morgan fingerprint density at radius 1 is 0.256 bits per heavy atom. The summed E-state index contributed by atoms with van der Waals surface area (Å²) >= 11 is 5.13. The maximum absolute atomic E-state index is 12.4. The van der Waals surface area contributed by atoms with Crippen LogP contribution >= 0.6 is 24.0 Å². The predicted octanol–water partition coefficient (Wildman–Crippen LogP) is 25.3. The SMILES string of the molecule is CC(F)(F)F.CC(F)(F)F.CC(F)(F)F.CC(F)(F)F.CC(F)(F)F.CC(F)(F)F.Cl.Nc1ccc(-c2ccc(N)cc2)cc1.Nc1ccc(C(=O)Nc2ccc(-c3ccc(NC(=O)c4ccc(N)cc4)cc3)cc2)cc1.O=C(Cl)c1ccc([N+](=O)[O-])cc1.O=C(Nc1ccc(-c2ccc(NC(=O)c3ccc([N+](=O)[O-])cc3)cc2)cc1)c1ccc([N+](=O)[O-])cc1.[HH]. The Morgan fingerprint density at radius 3 is 0.512 bits per heavy atom. The van der Waals surface area contributed by atoms with Gasteiger partial charge in [-0.2, -0.15) is 79.0 Å². The van der Waals surface area contributed by atoms with E-state index in [2.05, 4.69) is 21.3 Å². The van der Waals surface area contributed by atoms with Gasteiger partial charge in [0.1, 0.15) is 0 Å². The van der Waals surface area contributed by atoms with Gasteiger partial charge in [-0.25, -0.2) is 0 Å². The molecule has 4 amide bonds. The van der Waals surface area contributed by atoms with E-state index in [1.165, 1.54) is 72.8 Å². The Kier molecular flexibility index (Phi) is 44.2. The highest BCUT2D eigenvalue weighted by Crippen LogP contribution is 2.29. The summed E-state index contributed by atoms with van der Waals surface area (Å²) in [6, 6.07) is 74.3. The van der Waals surface area contributed by atoms with Crippen LogP contribution in [0.5, 0.6) is 0 Å². The van der Waals surface area contributed by atoms with Crippen molar-refractivity contribution in [1.82, 2.24) is 0 Å². The van der Waals surface area contributed by atoms with Gasteiger partial charge in [0.25, 0.3) is 45.9 Å². The number of carbonyl (C=O) groups excluding carboxylic acids is 5. The van der Waals surface area contributed by atoms with Crippen molar-refractivity contribution < 1.29 is 119 Å². The van der Waals surface area contributed by atoms with Gasteiger partial charge in [-0.3, -0.25) is 54.3 Å². The van der Waals surface area contributed by atoms with E-state index in [0.717, 1.165) is 44.8 Å². The fourth-order valence-electron chi connectivity index (χ4n) is 8.60. The molecule has 0 fully saturated rings. The molecule has 11 rings (SSSR count). The van der Waals surface area contributed by atoms with Gasteiger partial charge in [0.2, 0.25) is 0 Å². The third-order valence-electron chi connectivity index (χ3n) is 13.7. The van der Waals surface area contributed by atoms with E-state index in [9.17, 15) is 133 Å². The highest BCUT2D eigenvalue weighted by atomic mass is 35.5. The van der Waals surface area contributed by atoms with Crippen molar-refractivity contribution in [2.45, 2.75) is 78.6 Å². The second kappa shape index (κ2) is 50.8. The molecule has 670 valence electrons. The molecule has 0 atom stereocenters. The number of carbonyl (C=O) groups is 5. The number of amides is 4. The Labute approximate surface area is 713 Å². The number of nitrogens with two attached hydrogens (primary N) is 4. The molecule has 0 aromatic heterocycles. The van der Waals surface area contributed by atoms with Gasteiger partial charge in [0.05, 0.1) is 14.8 Å². The van der Waals surface area contributed by atoms with E-state index in [1.54, 1.807) is 72.8 Å². The summed E-state index contributed by atoms with van der Waals surface area (Å²) in [6.07, 6.45) is -24.0. The molecule has 0 heterocycles. The molecule has 0 bridgehead atoms. The fraction of sp³-hybridized carbons (Fsp3) is 0.145. The van der Waals surface area contributed by atoms with Crippen LogP contribution in [0.2, 0.25) is 0 Å². The summed E-state index contributed by atoms with van der Waals surface area (Å²) in [5.74, 6) is -1.16. The summed E-state index contributed by atoms with van der Waals surface area (Å²) in [5, 5.41) is 42.3. The highest BCUT2D eigenvalue weighted by Gasteiger charge is 2.20. The number of hydrogen-bond donors (Lipinski definition) is 8. The third-order valence-corrected chi connectivity index (χ3v) is 13.9. The number of hydrogen-bond acceptors (Lipinski definition) is 15. The molecule has 0 unspecified atom stereocenters. The molecular formula is C83H77Cl2F18N11O11. The van der Waals surface area contributed by atoms with E-state index in [4.69, 9.17) is 34.5 Å². The largest absolute Gasteiger partial charge is 0.399 e. The Balaban J connectivity index is 0.00000155. The molecule has 0 saturated carbocycles. The van der Waals surface area contributed by atoms with Crippen LogP contribution in [0.15, 0.2) is 267 Å². The van der Waals surface area contributed by atoms with Crippen LogP contribution < -0.4 is 44.2 Å². The Bertz CT molecular complexity index is 4790. The average Bonchev–Trinajstić information content (AvgIpc) is 0.834. The number of anilines is 8. The van der Waals surface area contributed by atoms with Crippen LogP contribution in [-0.2, 0) is 0 Å². The molecule has 0 spiro atoms. The van der Waals surface area contributed by atoms with Gasteiger partial charge in [-0.15, -0.1) is 12.4 Å². The van der Waals surface area contributed by atoms with Crippen molar-refractivity contribution in [3.63, 3.8) is 0 Å². The number of nitrogens with zero attached hydrogens (tertiary/aromatic N) is 3. The lowest BCUT2D eigenvalue weighted by molar-refractivity contribution is -0.385. The van der Waals surface area contributed by atoms with E-state index < -0.39 is 57.1 Å². The highest BCUT2D eigenvalue weighted by molar-refractivity contribution is 6.67. The van der Waals surface area contributed by atoms with Crippen LogP contribution in [0.4, 0.5) is 142 Å². The lowest BCUT2D eigenvalue weighted by Crippen LogP contribution is -2.11. The van der Waals surface area contributed by atoms with E-state index in [0.29, 0.717) is 56.4 Å². The first kappa shape index (κ1) is 109. The van der Waals surface area contributed by atoms with Gasteiger partial charge < -0.3 is 44.2 Å². The van der Waals surface area contributed by atoms with Crippen LogP contribution in [0.25, 0.3) is 33.4 Å². The summed E-state index contributed by atoms with van der Waals surface area (Å²) in [6.45, 7) is 1.12. The molecule has 0 aliphatic rings. The summed E-state index contributed by atoms with van der Waals surface area (Å²) < 4.78 is 186. The second-order valence-electron chi connectivity index (χ2n) is 25.0. The fourth-order valence-corrected chi connectivity index (χ4v) is 8.73. The van der Waals surface area contributed by atoms with Gasteiger partial charge in [0.15, 0.2) is 0 Å². The number of non-ortho nitro benzene ring substituents is 3. The number of alkyl halides is 18. The molecule has 0 radical (unpaired) electrons. The number of nitrogens with one attached hydrogen (secondary N) is 4. The molecule has 0 aliphatic heterocycles. The van der Waals surface area contributed by atoms with Crippen molar-refractivity contribution in [2.75, 3.05) is 44.2 Å². The maximum Gasteiger partial charge on any atom is 0.386 e. The zero-order valence-electron chi connectivity index (χ0n) is 65.6. The molecule has 12 N–H and O–H groups in total. The summed E-state index contributed by atoms with van der Waals surface area (Å²) in [5.41, 5.74) is 35.6. The molecule has 22 nitrogen and oxygen atoms in total. The van der Waals surface area contributed by atoms with Crippen molar-refractivity contribution in [3.05, 3.63) is 325 Å². The monoisotopic (exact) mass is 1820 g/mol. The van der Waals surface area contributed by atoms with Gasteiger partial charge in [-0.05, 0) is 203 Å². The first-order valence-electron chi connectivity index (χ1n) is 34.6. The normalized spacial score (nSPS) is 10.5. The van der Waals surface area contributed by atoms with Gasteiger partial charge >= 0.3 is 37.1 Å². The topological polar surface area (TPSA) is 367 Å². The van der Waals surface area contributed by atoms with E-state index >= 15 is 0 Å². The van der Waals surface area contributed by atoms with E-state index in [-0.39, 0.29) is 102 Å². The minimum absolute atomic E-state index is 0. The molecule has 0 saturated heterocycles. The number of nitrogen functional groups attached to an aromatic ring is 4. The van der Waals surface area contributed by atoms with Crippen LogP contribution in [-0.4, -0.2) is 80.7 Å². The van der Waals surface area contributed by atoms with Crippen molar-refractivity contribution in [3.8, 4) is 33.4 Å². The number of nitro benzene ring substituents is 3. The lowest BCUT2D eigenvalue weighted by Gasteiger charge is -2.09. The summed E-state index contributed by atoms with van der Waals surface area (Å²) in [4.78, 5) is 90.0. The molecule has 11 aromatic carbocycles. The quantitative estimate of drug-likeness (QED) is 0.0155. The zero-order valence-corrected chi connectivity index (χ0v) is 67.2. The number of rotatable bonds is 15. The average molecular weight is 1820 g/mol.